The number of aliphatic hydroxyl groups is 2. The molecule has 0 aliphatic rings. The van der Waals surface area contributed by atoms with Gasteiger partial charge in [-0.2, -0.15) is 0 Å². The van der Waals surface area contributed by atoms with Crippen molar-refractivity contribution in [2.75, 3.05) is 6.61 Å². The molecular weight excluding hydrogens is 458 g/mol. The minimum Gasteiger partial charge on any atom is -1.00 e. The van der Waals surface area contributed by atoms with Crippen LogP contribution in [0, 0.1) is 0 Å². The monoisotopic (exact) mass is 476 g/mol. The number of halogens is 2. The van der Waals surface area contributed by atoms with E-state index in [4.69, 9.17) is 53.5 Å². The Labute approximate surface area is 204 Å². The Morgan fingerprint density at radius 3 is 1.87 bits per heavy atom. The summed E-state index contributed by atoms with van der Waals surface area (Å²) in [5.74, 6) is -4.84. The topological polar surface area (TPSA) is 179 Å². The number of benzene rings is 1. The molecule has 13 heteroatoms. The van der Waals surface area contributed by atoms with Gasteiger partial charge < -0.3 is 31.7 Å². The molecule has 0 bridgehead atoms. The van der Waals surface area contributed by atoms with E-state index in [-0.39, 0.29) is 58.1 Å². The third kappa shape index (κ3) is 9.43. The molecule has 0 spiro atoms. The van der Waals surface area contributed by atoms with Crippen molar-refractivity contribution in [3.63, 3.8) is 0 Å². The summed E-state index contributed by atoms with van der Waals surface area (Å²) in [5.41, 5.74) is 0.637. The van der Waals surface area contributed by atoms with Crippen molar-refractivity contribution in [2.45, 2.75) is 25.6 Å². The number of carbonyl (C=O) groups is 4. The number of Topliss-reactive ketones (excluding diaryl/α,β-unsaturated/α-hetero) is 1. The molecule has 2 unspecified atom stereocenters. The van der Waals surface area contributed by atoms with Crippen LogP contribution in [-0.4, -0.2) is 68.0 Å². The molecule has 10 nitrogen and oxygen atoms in total. The van der Waals surface area contributed by atoms with Crippen LogP contribution in [0.2, 0.25) is 10.0 Å². The first-order valence-corrected chi connectivity index (χ1v) is 8.47. The summed E-state index contributed by atoms with van der Waals surface area (Å²) in [6.45, 7) is 4.91. The van der Waals surface area contributed by atoms with E-state index in [1.807, 2.05) is 0 Å². The van der Waals surface area contributed by atoms with Crippen molar-refractivity contribution in [2.24, 2.45) is 0 Å². The second-order valence-corrected chi connectivity index (χ2v) is 6.03. The van der Waals surface area contributed by atoms with Gasteiger partial charge >= 0.3 is 47.5 Å². The number of hydrogen-bond donors (Lipinski definition) is 5. The molecular formula is C17H19Cl2NaO10. The van der Waals surface area contributed by atoms with E-state index in [1.165, 1.54) is 12.1 Å². The molecule has 0 heterocycles. The van der Waals surface area contributed by atoms with Gasteiger partial charge in [0.1, 0.15) is 10.8 Å². The summed E-state index contributed by atoms with van der Waals surface area (Å²) in [6.07, 6.45) is -4.03. The standard InChI is InChI=1S/C13H12Cl2O4.C4H6O6.Na.H/c1-3-7(2)13(18)8-4-5-9(12(15)11(8)14)19-6-10(16)17;5-1(3(7)8)2(6)4(9)10;;/h4-5H,2-3,6H2,1H3,(H,16,17);1-2,5-6H,(H,7,8)(H,9,10);;/q;;+1;-1. The molecule has 0 saturated carbocycles. The van der Waals surface area contributed by atoms with Gasteiger partial charge in [0.25, 0.3) is 0 Å². The second kappa shape index (κ2) is 14.4. The van der Waals surface area contributed by atoms with Crippen molar-refractivity contribution in [3.8, 4) is 5.75 Å². The van der Waals surface area contributed by atoms with Gasteiger partial charge in [0, 0.05) is 5.56 Å². The van der Waals surface area contributed by atoms with Crippen molar-refractivity contribution < 1.29 is 80.4 Å². The summed E-state index contributed by atoms with van der Waals surface area (Å²) in [6, 6.07) is 2.85. The molecule has 0 amide bonds. The summed E-state index contributed by atoms with van der Waals surface area (Å²) < 4.78 is 4.95. The molecule has 0 radical (unpaired) electrons. The van der Waals surface area contributed by atoms with E-state index in [1.54, 1.807) is 6.92 Å². The smallest absolute Gasteiger partial charge is 1.00 e. The molecule has 0 aliphatic carbocycles. The average molecular weight is 477 g/mol. The Hall–Kier alpha value is -1.66. The number of carbonyl (C=O) groups excluding carboxylic acids is 1. The fourth-order valence-corrected chi connectivity index (χ4v) is 2.04. The van der Waals surface area contributed by atoms with Crippen LogP contribution < -0.4 is 34.3 Å². The van der Waals surface area contributed by atoms with Crippen LogP contribution in [0.1, 0.15) is 25.1 Å². The van der Waals surface area contributed by atoms with E-state index in [0.717, 1.165) is 0 Å². The number of aliphatic hydroxyl groups excluding tert-OH is 2. The van der Waals surface area contributed by atoms with Gasteiger partial charge in [-0.05, 0) is 24.1 Å². The first kappa shape index (κ1) is 30.5. The predicted molar refractivity (Wildman–Crippen MR) is 102 cm³/mol. The van der Waals surface area contributed by atoms with Crippen LogP contribution in [0.4, 0.5) is 0 Å². The third-order valence-electron chi connectivity index (χ3n) is 3.20. The Morgan fingerprint density at radius 1 is 1.03 bits per heavy atom. The second-order valence-electron chi connectivity index (χ2n) is 5.27. The molecule has 1 aromatic rings. The zero-order valence-corrected chi connectivity index (χ0v) is 19.5. The molecule has 0 fully saturated rings. The van der Waals surface area contributed by atoms with E-state index in [9.17, 15) is 19.2 Å². The van der Waals surface area contributed by atoms with Crippen molar-refractivity contribution in [3.05, 3.63) is 39.9 Å². The minimum absolute atomic E-state index is 0. The fraction of sp³-hybridized carbons (Fsp3) is 0.294. The zero-order valence-electron chi connectivity index (χ0n) is 17.0. The van der Waals surface area contributed by atoms with Gasteiger partial charge in [-0.25, -0.2) is 14.4 Å². The van der Waals surface area contributed by atoms with Crippen LogP contribution in [0.3, 0.4) is 0 Å². The molecule has 0 aromatic heterocycles. The Morgan fingerprint density at radius 2 is 1.50 bits per heavy atom. The summed E-state index contributed by atoms with van der Waals surface area (Å²) in [5, 5.41) is 41.1. The normalized spacial score (nSPS) is 11.6. The van der Waals surface area contributed by atoms with Crippen molar-refractivity contribution in [1.29, 1.82) is 0 Å². The average Bonchev–Trinajstić information content (AvgIpc) is 2.66. The quantitative estimate of drug-likeness (QED) is 0.161. The SMILES string of the molecule is C=C(CC)C(=O)c1ccc(OCC(=O)O)c(Cl)c1Cl.O=C(O)C(O)C(O)C(=O)O.[H-].[Na+]. The maximum absolute atomic E-state index is 11.9. The van der Waals surface area contributed by atoms with Crippen molar-refractivity contribution in [1.82, 2.24) is 0 Å². The maximum atomic E-state index is 11.9. The first-order valence-electron chi connectivity index (χ1n) is 7.71. The Balaban J connectivity index is -0.000000563. The third-order valence-corrected chi connectivity index (χ3v) is 4.06. The first-order chi connectivity index (χ1) is 13.3. The Bertz CT molecular complexity index is 800. The Kier molecular flexibility index (Phi) is 14.6. The van der Waals surface area contributed by atoms with Gasteiger partial charge in [-0.3, -0.25) is 4.79 Å². The van der Waals surface area contributed by atoms with Crippen LogP contribution in [0.25, 0.3) is 0 Å². The zero-order chi connectivity index (χ0) is 22.9. The molecule has 0 saturated heterocycles. The molecule has 2 atom stereocenters. The number of carboxylic acid groups (broad SMARTS) is 3. The number of ether oxygens (including phenoxy) is 1. The maximum Gasteiger partial charge on any atom is 1.00 e. The van der Waals surface area contributed by atoms with Crippen LogP contribution in [-0.2, 0) is 14.4 Å². The number of ketones is 1. The minimum atomic E-state index is -2.27. The van der Waals surface area contributed by atoms with Crippen LogP contribution >= 0.6 is 23.2 Å². The molecule has 0 aliphatic heterocycles. The van der Waals surface area contributed by atoms with Crippen molar-refractivity contribution >= 4 is 46.9 Å². The van der Waals surface area contributed by atoms with Crippen LogP contribution in [0.15, 0.2) is 24.3 Å². The summed E-state index contributed by atoms with van der Waals surface area (Å²) >= 11 is 11.9. The van der Waals surface area contributed by atoms with Gasteiger partial charge in [0.05, 0.1) is 5.02 Å². The largest absolute Gasteiger partial charge is 1.00 e. The van der Waals surface area contributed by atoms with Gasteiger partial charge in [-0.15, -0.1) is 0 Å². The van der Waals surface area contributed by atoms with Crippen LogP contribution in [0.5, 0.6) is 5.75 Å². The predicted octanol–water partition coefficient (Wildman–Crippen LogP) is -1.40. The fourth-order valence-electron chi connectivity index (χ4n) is 1.58. The number of allylic oxidation sites excluding steroid dienone is 1. The number of aliphatic carboxylic acids is 3. The molecule has 162 valence electrons. The van der Waals surface area contributed by atoms with E-state index in [2.05, 4.69) is 6.58 Å². The molecule has 1 aromatic carbocycles. The molecule has 30 heavy (non-hydrogen) atoms. The number of hydrogen-bond acceptors (Lipinski definition) is 7. The number of rotatable bonds is 9. The van der Waals surface area contributed by atoms with E-state index < -0.39 is 36.7 Å². The van der Waals surface area contributed by atoms with Gasteiger partial charge in [-0.1, -0.05) is 36.7 Å². The number of carboxylic acids is 3. The van der Waals surface area contributed by atoms with E-state index in [0.29, 0.717) is 12.0 Å². The van der Waals surface area contributed by atoms with Gasteiger partial charge in [0.15, 0.2) is 24.6 Å². The molecule has 5 N–H and O–H groups in total. The summed E-state index contributed by atoms with van der Waals surface area (Å²) in [7, 11) is 0. The molecule has 1 rings (SSSR count). The van der Waals surface area contributed by atoms with E-state index >= 15 is 0 Å². The summed E-state index contributed by atoms with van der Waals surface area (Å²) in [4.78, 5) is 41.9. The van der Waals surface area contributed by atoms with Gasteiger partial charge in [0.2, 0.25) is 0 Å².